The predicted molar refractivity (Wildman–Crippen MR) is 100 cm³/mol. The van der Waals surface area contributed by atoms with Gasteiger partial charge in [-0.2, -0.15) is 0 Å². The summed E-state index contributed by atoms with van der Waals surface area (Å²) >= 11 is 4.88. The third kappa shape index (κ3) is 4.36. The number of hydrogen-bond acceptors (Lipinski definition) is 3. The highest BCUT2D eigenvalue weighted by atomic mass is 79.9. The van der Waals surface area contributed by atoms with Crippen LogP contribution in [-0.4, -0.2) is 29.9 Å². The van der Waals surface area contributed by atoms with Crippen LogP contribution in [0.15, 0.2) is 46.3 Å². The van der Waals surface area contributed by atoms with E-state index in [1.807, 2.05) is 41.8 Å². The summed E-state index contributed by atoms with van der Waals surface area (Å²) in [5.74, 6) is -0.228. The number of piperidine rings is 1. The number of halogens is 1. The Morgan fingerprint density at radius 1 is 1.21 bits per heavy atom. The molecule has 126 valence electrons. The van der Waals surface area contributed by atoms with Crippen LogP contribution in [-0.2, 0) is 4.79 Å². The molecule has 1 unspecified atom stereocenters. The van der Waals surface area contributed by atoms with Crippen molar-refractivity contribution < 1.29 is 9.59 Å². The van der Waals surface area contributed by atoms with E-state index in [4.69, 9.17) is 0 Å². The number of nitrogens with zero attached hydrogens (tertiary/aromatic N) is 1. The molecular formula is C17H18BrN3O2S. The summed E-state index contributed by atoms with van der Waals surface area (Å²) in [6.45, 7) is 1.12. The number of benzene rings is 1. The number of anilines is 2. The second-order valence-corrected chi connectivity index (χ2v) is 7.56. The van der Waals surface area contributed by atoms with Gasteiger partial charge in [-0.25, -0.2) is 4.79 Å². The molecule has 2 heterocycles. The number of rotatable bonds is 3. The Morgan fingerprint density at radius 2 is 2.08 bits per heavy atom. The van der Waals surface area contributed by atoms with Crippen LogP contribution in [0.25, 0.3) is 0 Å². The van der Waals surface area contributed by atoms with Gasteiger partial charge >= 0.3 is 6.03 Å². The van der Waals surface area contributed by atoms with Gasteiger partial charge in [0.2, 0.25) is 5.91 Å². The van der Waals surface area contributed by atoms with Crippen molar-refractivity contribution in [3.63, 3.8) is 0 Å². The lowest BCUT2D eigenvalue weighted by Crippen LogP contribution is -2.45. The fraction of sp³-hybridized carbons (Fsp3) is 0.294. The van der Waals surface area contributed by atoms with Gasteiger partial charge in [-0.15, -0.1) is 11.3 Å². The van der Waals surface area contributed by atoms with Crippen molar-refractivity contribution in [2.24, 2.45) is 5.92 Å². The summed E-state index contributed by atoms with van der Waals surface area (Å²) in [4.78, 5) is 26.5. The van der Waals surface area contributed by atoms with Crippen LogP contribution in [0.4, 0.5) is 15.5 Å². The lowest BCUT2D eigenvalue weighted by Gasteiger charge is -2.31. The minimum Gasteiger partial charge on any atom is -0.326 e. The predicted octanol–water partition coefficient (Wildman–Crippen LogP) is 4.39. The first-order valence-electron chi connectivity index (χ1n) is 7.77. The average Bonchev–Trinajstić information content (AvgIpc) is 3.08. The van der Waals surface area contributed by atoms with Crippen molar-refractivity contribution in [3.05, 3.63) is 46.3 Å². The van der Waals surface area contributed by atoms with Crippen LogP contribution in [0, 0.1) is 5.92 Å². The fourth-order valence-corrected chi connectivity index (χ4v) is 3.73. The van der Waals surface area contributed by atoms with E-state index in [-0.39, 0.29) is 17.9 Å². The molecule has 0 spiro atoms. The SMILES string of the molecule is O=C(Nc1cccc(Br)c1)C1CCCN(C(=O)Nc2cccs2)C1. The van der Waals surface area contributed by atoms with Gasteiger partial charge in [-0.3, -0.25) is 10.1 Å². The molecule has 24 heavy (non-hydrogen) atoms. The average molecular weight is 408 g/mol. The topological polar surface area (TPSA) is 61.4 Å². The number of thiophene rings is 1. The number of urea groups is 1. The van der Waals surface area contributed by atoms with Gasteiger partial charge in [0.1, 0.15) is 0 Å². The lowest BCUT2D eigenvalue weighted by atomic mass is 9.97. The number of carbonyl (C=O) groups is 2. The first-order chi connectivity index (χ1) is 11.6. The minimum atomic E-state index is -0.188. The zero-order valence-electron chi connectivity index (χ0n) is 13.0. The molecule has 1 aliphatic heterocycles. The van der Waals surface area contributed by atoms with Gasteiger partial charge in [0, 0.05) is 23.2 Å². The van der Waals surface area contributed by atoms with E-state index in [9.17, 15) is 9.59 Å². The van der Waals surface area contributed by atoms with Crippen molar-refractivity contribution in [3.8, 4) is 0 Å². The fourth-order valence-electron chi connectivity index (χ4n) is 2.72. The Bertz CT molecular complexity index is 720. The highest BCUT2D eigenvalue weighted by Crippen LogP contribution is 2.22. The number of likely N-dealkylation sites (tertiary alicyclic amines) is 1. The molecule has 1 aromatic carbocycles. The Morgan fingerprint density at radius 3 is 2.83 bits per heavy atom. The molecule has 2 N–H and O–H groups in total. The summed E-state index contributed by atoms with van der Waals surface area (Å²) in [7, 11) is 0. The van der Waals surface area contributed by atoms with Gasteiger partial charge in [-0.1, -0.05) is 22.0 Å². The standard InChI is InChI=1S/C17H18BrN3O2S/c18-13-5-1-6-14(10-13)19-16(22)12-4-2-8-21(11-12)17(23)20-15-7-3-9-24-15/h1,3,5-7,9-10,12H,2,4,8,11H2,(H,19,22)(H,20,23). The first kappa shape index (κ1) is 17.0. The zero-order valence-corrected chi connectivity index (χ0v) is 15.4. The van der Waals surface area contributed by atoms with E-state index in [0.717, 1.165) is 28.0 Å². The maximum absolute atomic E-state index is 12.5. The van der Waals surface area contributed by atoms with Gasteiger partial charge in [0.15, 0.2) is 0 Å². The maximum atomic E-state index is 12.5. The summed E-state index contributed by atoms with van der Waals surface area (Å²) in [5, 5.41) is 8.54. The molecule has 1 aromatic heterocycles. The van der Waals surface area contributed by atoms with E-state index in [0.29, 0.717) is 13.1 Å². The van der Waals surface area contributed by atoms with Gasteiger partial charge in [0.25, 0.3) is 0 Å². The summed E-state index contributed by atoms with van der Waals surface area (Å²) in [6.07, 6.45) is 1.62. The number of hydrogen-bond donors (Lipinski definition) is 2. The molecule has 2 aromatic rings. The summed E-state index contributed by atoms with van der Waals surface area (Å²) < 4.78 is 0.917. The Labute approximate surface area is 153 Å². The van der Waals surface area contributed by atoms with Crippen molar-refractivity contribution in [2.45, 2.75) is 12.8 Å². The molecule has 1 saturated heterocycles. The molecular weight excluding hydrogens is 390 g/mol. The molecule has 1 atom stereocenters. The monoisotopic (exact) mass is 407 g/mol. The van der Waals surface area contributed by atoms with E-state index in [2.05, 4.69) is 26.6 Å². The highest BCUT2D eigenvalue weighted by Gasteiger charge is 2.28. The molecule has 0 aliphatic carbocycles. The highest BCUT2D eigenvalue weighted by molar-refractivity contribution is 9.10. The molecule has 1 aliphatic rings. The molecule has 7 heteroatoms. The summed E-state index contributed by atoms with van der Waals surface area (Å²) in [6, 6.07) is 11.1. The maximum Gasteiger partial charge on any atom is 0.322 e. The minimum absolute atomic E-state index is 0.0401. The Kier molecular flexibility index (Phi) is 5.52. The van der Waals surface area contributed by atoms with E-state index in [1.54, 1.807) is 4.90 Å². The van der Waals surface area contributed by atoms with Crippen LogP contribution in [0.3, 0.4) is 0 Å². The van der Waals surface area contributed by atoms with Crippen molar-refractivity contribution in [1.29, 1.82) is 0 Å². The Hall–Kier alpha value is -1.86. The van der Waals surface area contributed by atoms with E-state index in [1.165, 1.54) is 11.3 Å². The molecule has 0 saturated carbocycles. The van der Waals surface area contributed by atoms with Crippen LogP contribution >= 0.6 is 27.3 Å². The quantitative estimate of drug-likeness (QED) is 0.791. The number of carbonyl (C=O) groups excluding carboxylic acids is 2. The second-order valence-electron chi connectivity index (χ2n) is 5.69. The van der Waals surface area contributed by atoms with Crippen molar-refractivity contribution in [1.82, 2.24) is 4.90 Å². The lowest BCUT2D eigenvalue weighted by molar-refractivity contribution is -0.121. The van der Waals surface area contributed by atoms with Crippen LogP contribution in [0.2, 0.25) is 0 Å². The Balaban J connectivity index is 1.58. The number of amides is 3. The van der Waals surface area contributed by atoms with Crippen LogP contribution in [0.5, 0.6) is 0 Å². The largest absolute Gasteiger partial charge is 0.326 e. The molecule has 1 fully saturated rings. The second kappa shape index (κ2) is 7.81. The van der Waals surface area contributed by atoms with Gasteiger partial charge in [0.05, 0.1) is 10.9 Å². The normalized spacial score (nSPS) is 17.4. The third-order valence-corrected chi connectivity index (χ3v) is 5.20. The van der Waals surface area contributed by atoms with Crippen LogP contribution in [0.1, 0.15) is 12.8 Å². The molecule has 3 amide bonds. The molecule has 0 radical (unpaired) electrons. The molecule has 5 nitrogen and oxygen atoms in total. The molecule has 0 bridgehead atoms. The van der Waals surface area contributed by atoms with Gasteiger partial charge in [-0.05, 0) is 48.6 Å². The third-order valence-electron chi connectivity index (χ3n) is 3.92. The van der Waals surface area contributed by atoms with Crippen LogP contribution < -0.4 is 10.6 Å². The first-order valence-corrected chi connectivity index (χ1v) is 9.45. The van der Waals surface area contributed by atoms with Crippen molar-refractivity contribution >= 4 is 49.9 Å². The number of nitrogens with one attached hydrogen (secondary N) is 2. The smallest absolute Gasteiger partial charge is 0.322 e. The summed E-state index contributed by atoms with van der Waals surface area (Å²) in [5.41, 5.74) is 0.759. The van der Waals surface area contributed by atoms with Gasteiger partial charge < -0.3 is 10.2 Å². The zero-order chi connectivity index (χ0) is 16.9. The van der Waals surface area contributed by atoms with Crippen molar-refractivity contribution in [2.75, 3.05) is 23.7 Å². The molecule has 3 rings (SSSR count). The van der Waals surface area contributed by atoms with E-state index >= 15 is 0 Å². The van der Waals surface area contributed by atoms with E-state index < -0.39 is 0 Å².